The Morgan fingerprint density at radius 1 is 0.267 bits per heavy atom. The maximum absolute atomic E-state index is 12.4. The third kappa shape index (κ3) is 71.7. The van der Waals surface area contributed by atoms with Crippen LogP contribution in [-0.4, -0.2) is 36.4 Å². The molecule has 1 unspecified atom stereocenters. The Bertz CT molecular complexity index is 1870. The Labute approximate surface area is 532 Å². The lowest BCUT2D eigenvalue weighted by atomic mass is 10.0. The normalized spacial score (nSPS) is 13.3. The maximum atomic E-state index is 12.4. The number of esters is 2. The predicted molar refractivity (Wildman–Crippen MR) is 380 cm³/mol. The topological polar surface area (TPSA) is 72.8 Å². The molecule has 0 saturated carbocycles. The molecule has 0 aromatic heterocycles. The molecule has 0 spiro atoms. The zero-order valence-electron chi connectivity index (χ0n) is 55.8. The van der Waals surface area contributed by atoms with Crippen LogP contribution in [0.25, 0.3) is 0 Å². The summed E-state index contributed by atoms with van der Waals surface area (Å²) in [4.78, 5) is 24.7. The van der Waals surface area contributed by atoms with E-state index in [1.165, 1.54) is 154 Å². The Balaban J connectivity index is 3.54. The number of hydrogen-bond acceptors (Lipinski definition) is 5. The van der Waals surface area contributed by atoms with Crippen LogP contribution in [0.5, 0.6) is 0 Å². The van der Waals surface area contributed by atoms with E-state index in [1.807, 2.05) is 0 Å². The van der Waals surface area contributed by atoms with Crippen molar-refractivity contribution < 1.29 is 24.2 Å². The summed E-state index contributed by atoms with van der Waals surface area (Å²) < 4.78 is 10.8. The van der Waals surface area contributed by atoms with Gasteiger partial charge in [0.25, 0.3) is 0 Å². The van der Waals surface area contributed by atoms with Gasteiger partial charge in [-0.15, -0.1) is 0 Å². The van der Waals surface area contributed by atoms with E-state index in [-0.39, 0.29) is 25.2 Å². The molecule has 0 radical (unpaired) electrons. The van der Waals surface area contributed by atoms with E-state index in [4.69, 9.17) is 9.47 Å². The molecule has 0 bridgehead atoms. The van der Waals surface area contributed by atoms with Crippen molar-refractivity contribution in [3.8, 4) is 0 Å². The summed E-state index contributed by atoms with van der Waals surface area (Å²) >= 11 is 0. The molecule has 0 aliphatic heterocycles. The van der Waals surface area contributed by atoms with E-state index >= 15 is 0 Å². The minimum atomic E-state index is -0.786. The molecule has 86 heavy (non-hydrogen) atoms. The van der Waals surface area contributed by atoms with Crippen molar-refractivity contribution in [1.82, 2.24) is 0 Å². The van der Waals surface area contributed by atoms with Crippen LogP contribution in [0.4, 0.5) is 0 Å². The lowest BCUT2D eigenvalue weighted by Gasteiger charge is -2.15. The first kappa shape index (κ1) is 81.3. The highest BCUT2D eigenvalue weighted by molar-refractivity contribution is 5.70. The van der Waals surface area contributed by atoms with E-state index in [2.05, 4.69) is 184 Å². The van der Waals surface area contributed by atoms with Crippen molar-refractivity contribution in [2.45, 2.75) is 315 Å². The highest BCUT2D eigenvalue weighted by atomic mass is 16.6. The smallest absolute Gasteiger partial charge is 0.306 e. The minimum absolute atomic E-state index is 0.0736. The molecule has 0 rings (SSSR count). The standard InChI is InChI=1S/C81H132O5/c1-3-5-7-9-11-13-15-17-19-21-23-25-27-29-31-33-35-36-37-38-39-40-41-42-43-44-46-48-50-52-54-56-58-60-62-64-66-68-70-72-74-76-81(84)86-79(77-82)78-85-80(83)75-73-71-69-67-65-63-61-59-57-55-53-51-49-47-45-34-32-30-28-26-24-22-20-18-16-14-12-10-8-6-4-2/h5-8,11-14,17-20,23-26,29,31,35-36,38-39,41-42,44,46,50,52,79,82H,3-4,9-10,15-16,21-22,27-28,30,32-34,37,40,43,45,47-49,51,53-78H2,1-2H3/b7-5-,8-6-,13-11-,14-12-,19-17-,20-18-,25-23-,26-24-,31-29-,36-35-,39-38-,42-41-,46-44-,52-50-. The van der Waals surface area contributed by atoms with Crippen LogP contribution < -0.4 is 0 Å². The SMILES string of the molecule is CC/C=C\C/C=C\C/C=C\C/C=C\C/C=C\C/C=C\C/C=C\C/C=C\C/C=C\C/C=C\CCCCCCCCCCCCC(=O)OC(CO)COC(=O)CCCCCCCCCCCCCCCCCCCC/C=C\C/C=C\C/C=C\C/C=C\CC. The molecule has 0 fully saturated rings. The zero-order chi connectivity index (χ0) is 61.9. The molecule has 486 valence electrons. The average Bonchev–Trinajstić information content (AvgIpc) is 3.54. The molecule has 0 saturated heterocycles. The number of carbonyl (C=O) groups excluding carboxylic acids is 2. The Kier molecular flexibility index (Phi) is 70.4. The fourth-order valence-electron chi connectivity index (χ4n) is 9.75. The molecule has 0 aliphatic rings. The van der Waals surface area contributed by atoms with Crippen molar-refractivity contribution >= 4 is 11.9 Å². The third-order valence-corrected chi connectivity index (χ3v) is 15.0. The van der Waals surface area contributed by atoms with Gasteiger partial charge in [-0.3, -0.25) is 9.59 Å². The summed E-state index contributed by atoms with van der Waals surface area (Å²) in [5.41, 5.74) is 0. The van der Waals surface area contributed by atoms with Crippen LogP contribution in [0.3, 0.4) is 0 Å². The summed E-state index contributed by atoms with van der Waals surface area (Å²) in [6.07, 6.45) is 115. The van der Waals surface area contributed by atoms with E-state index in [0.29, 0.717) is 12.8 Å². The van der Waals surface area contributed by atoms with Crippen LogP contribution >= 0.6 is 0 Å². The molecule has 0 heterocycles. The highest BCUT2D eigenvalue weighted by Gasteiger charge is 2.16. The first-order chi connectivity index (χ1) is 42.6. The van der Waals surface area contributed by atoms with Gasteiger partial charge in [0.05, 0.1) is 6.61 Å². The number of carbonyl (C=O) groups is 2. The second kappa shape index (κ2) is 74.5. The predicted octanol–water partition coefficient (Wildman–Crippen LogP) is 25.2. The summed E-state index contributed by atoms with van der Waals surface area (Å²) in [6, 6.07) is 0. The molecule has 0 aliphatic carbocycles. The zero-order valence-corrected chi connectivity index (χ0v) is 55.8. The lowest BCUT2D eigenvalue weighted by molar-refractivity contribution is -0.161. The number of allylic oxidation sites excluding steroid dienone is 28. The molecule has 5 nitrogen and oxygen atoms in total. The fourth-order valence-corrected chi connectivity index (χ4v) is 9.75. The second-order valence-electron chi connectivity index (χ2n) is 23.2. The molecule has 0 aromatic rings. The molecular weight excluding hydrogens is 1050 g/mol. The number of unbranched alkanes of at least 4 members (excludes halogenated alkanes) is 28. The lowest BCUT2D eigenvalue weighted by Crippen LogP contribution is -2.28. The minimum Gasteiger partial charge on any atom is -0.462 e. The average molecular weight is 1190 g/mol. The maximum Gasteiger partial charge on any atom is 0.306 e. The Hall–Kier alpha value is -4.74. The van der Waals surface area contributed by atoms with Crippen LogP contribution in [0.15, 0.2) is 170 Å². The number of aliphatic hydroxyl groups is 1. The summed E-state index contributed by atoms with van der Waals surface area (Å²) in [5, 5.41) is 9.71. The van der Waals surface area contributed by atoms with Crippen LogP contribution in [0.1, 0.15) is 309 Å². The molecule has 0 aromatic carbocycles. The van der Waals surface area contributed by atoms with Crippen LogP contribution in [0.2, 0.25) is 0 Å². The van der Waals surface area contributed by atoms with Crippen LogP contribution in [0, 0.1) is 0 Å². The van der Waals surface area contributed by atoms with Crippen molar-refractivity contribution in [3.63, 3.8) is 0 Å². The van der Waals surface area contributed by atoms with Crippen molar-refractivity contribution in [2.75, 3.05) is 13.2 Å². The molecular formula is C81H132O5. The third-order valence-electron chi connectivity index (χ3n) is 15.0. The number of ether oxygens (including phenoxy) is 2. The Morgan fingerprint density at radius 2 is 0.465 bits per heavy atom. The van der Waals surface area contributed by atoms with Gasteiger partial charge >= 0.3 is 11.9 Å². The summed E-state index contributed by atoms with van der Waals surface area (Å²) in [6.45, 7) is 3.93. The van der Waals surface area contributed by atoms with Gasteiger partial charge < -0.3 is 14.6 Å². The number of hydrogen-bond donors (Lipinski definition) is 1. The van der Waals surface area contributed by atoms with Gasteiger partial charge in [0.15, 0.2) is 6.10 Å². The number of rotatable bonds is 64. The van der Waals surface area contributed by atoms with Crippen molar-refractivity contribution in [3.05, 3.63) is 170 Å². The Morgan fingerprint density at radius 3 is 0.698 bits per heavy atom. The largest absolute Gasteiger partial charge is 0.462 e. The molecule has 1 N–H and O–H groups in total. The molecule has 0 amide bonds. The molecule has 5 heteroatoms. The van der Waals surface area contributed by atoms with Crippen molar-refractivity contribution in [2.24, 2.45) is 0 Å². The van der Waals surface area contributed by atoms with Gasteiger partial charge in [0, 0.05) is 12.8 Å². The number of aliphatic hydroxyl groups excluding tert-OH is 1. The van der Waals surface area contributed by atoms with Crippen molar-refractivity contribution in [1.29, 1.82) is 0 Å². The van der Waals surface area contributed by atoms with Gasteiger partial charge in [-0.25, -0.2) is 0 Å². The fraction of sp³-hybridized carbons (Fsp3) is 0.630. The summed E-state index contributed by atoms with van der Waals surface area (Å²) in [7, 11) is 0. The molecule has 1 atom stereocenters. The van der Waals surface area contributed by atoms with E-state index in [0.717, 1.165) is 128 Å². The quantitative estimate of drug-likeness (QED) is 0.0373. The van der Waals surface area contributed by atoms with E-state index in [9.17, 15) is 14.7 Å². The first-order valence-electron chi connectivity index (χ1n) is 35.7. The van der Waals surface area contributed by atoms with E-state index < -0.39 is 6.10 Å². The van der Waals surface area contributed by atoms with Gasteiger partial charge in [0.2, 0.25) is 0 Å². The van der Waals surface area contributed by atoms with Gasteiger partial charge in [-0.05, 0) is 128 Å². The van der Waals surface area contributed by atoms with Crippen LogP contribution in [-0.2, 0) is 19.1 Å². The van der Waals surface area contributed by atoms with Gasteiger partial charge in [-0.1, -0.05) is 338 Å². The monoisotopic (exact) mass is 1190 g/mol. The second-order valence-corrected chi connectivity index (χ2v) is 23.2. The highest BCUT2D eigenvalue weighted by Crippen LogP contribution is 2.17. The van der Waals surface area contributed by atoms with E-state index in [1.54, 1.807) is 0 Å². The van der Waals surface area contributed by atoms with Gasteiger partial charge in [0.1, 0.15) is 6.61 Å². The van der Waals surface area contributed by atoms with Gasteiger partial charge in [-0.2, -0.15) is 0 Å². The first-order valence-corrected chi connectivity index (χ1v) is 35.7. The summed E-state index contributed by atoms with van der Waals surface area (Å²) in [5.74, 6) is -0.595.